The molecule has 11 nitrogen and oxygen atoms in total. The molecule has 0 aliphatic heterocycles. The number of fused-ring (bicyclic) bond motifs is 1. The van der Waals surface area contributed by atoms with Gasteiger partial charge >= 0.3 is 11.9 Å². The molecule has 0 radical (unpaired) electrons. The number of aromatic nitrogens is 2. The number of H-pyrrole nitrogens is 1. The van der Waals surface area contributed by atoms with Crippen molar-refractivity contribution in [1.29, 1.82) is 0 Å². The zero-order valence-corrected chi connectivity index (χ0v) is 17.7. The second-order valence-electron chi connectivity index (χ2n) is 7.42. The van der Waals surface area contributed by atoms with Crippen LogP contribution >= 0.6 is 0 Å². The normalized spacial score (nSPS) is 11.7. The van der Waals surface area contributed by atoms with E-state index in [9.17, 15) is 24.3 Å². The standard InChI is InChI=1S/C22H23N5O6/c1-11-13(4-7-15-18(11)20(31)27-22(23)26-15)10-24-14-5-2-12(3-6-14)19(30)25-16(21(32)33)8-9-17(28)29/h2-7,16,24H,8-10H2,1H3,(H,25,30)(H,28,29)(H,32,33)(H3,23,26,27,31). The molecule has 172 valence electrons. The minimum Gasteiger partial charge on any atom is -0.481 e. The first kappa shape index (κ1) is 23.3. The third-order valence-electron chi connectivity index (χ3n) is 5.15. The molecule has 0 saturated carbocycles. The lowest BCUT2D eigenvalue weighted by atomic mass is 10.0. The summed E-state index contributed by atoms with van der Waals surface area (Å²) in [6, 6.07) is 8.65. The number of rotatable bonds is 9. The van der Waals surface area contributed by atoms with Crippen LogP contribution < -0.4 is 21.9 Å². The second-order valence-corrected chi connectivity index (χ2v) is 7.42. The molecule has 11 heteroatoms. The van der Waals surface area contributed by atoms with Gasteiger partial charge in [-0.05, 0) is 54.8 Å². The molecule has 1 aromatic heterocycles. The Bertz CT molecular complexity index is 1270. The SMILES string of the molecule is Cc1c(CNc2ccc(C(=O)NC(CCC(=O)O)C(=O)O)cc2)ccc2nc(N)[nH]c(=O)c12. The monoisotopic (exact) mass is 453 g/mol. The highest BCUT2D eigenvalue weighted by molar-refractivity contribution is 5.97. The largest absolute Gasteiger partial charge is 0.481 e. The number of amides is 1. The van der Waals surface area contributed by atoms with Crippen molar-refractivity contribution in [3.05, 3.63) is 63.4 Å². The summed E-state index contributed by atoms with van der Waals surface area (Å²) < 4.78 is 0. The van der Waals surface area contributed by atoms with Gasteiger partial charge in [-0.25, -0.2) is 9.78 Å². The lowest BCUT2D eigenvalue weighted by Crippen LogP contribution is -2.41. The van der Waals surface area contributed by atoms with Gasteiger partial charge < -0.3 is 26.6 Å². The summed E-state index contributed by atoms with van der Waals surface area (Å²) in [5.74, 6) is -3.00. The lowest BCUT2D eigenvalue weighted by Gasteiger charge is -2.14. The van der Waals surface area contributed by atoms with Crippen molar-refractivity contribution in [3.63, 3.8) is 0 Å². The van der Waals surface area contributed by atoms with Crippen LogP contribution in [0.1, 0.15) is 34.3 Å². The van der Waals surface area contributed by atoms with E-state index in [0.717, 1.165) is 11.1 Å². The van der Waals surface area contributed by atoms with Crippen LogP contribution in [0, 0.1) is 6.92 Å². The number of hydrogen-bond donors (Lipinski definition) is 6. The number of aromatic amines is 1. The van der Waals surface area contributed by atoms with Crippen LogP contribution in [0.2, 0.25) is 0 Å². The Balaban J connectivity index is 1.67. The number of hydrogen-bond acceptors (Lipinski definition) is 7. The summed E-state index contributed by atoms with van der Waals surface area (Å²) in [6.07, 6.45) is -0.588. The molecule has 0 aliphatic carbocycles. The average molecular weight is 453 g/mol. The lowest BCUT2D eigenvalue weighted by molar-refractivity contribution is -0.140. The molecule has 1 amide bonds. The van der Waals surface area contributed by atoms with Crippen LogP contribution in [0.15, 0.2) is 41.2 Å². The van der Waals surface area contributed by atoms with E-state index in [-0.39, 0.29) is 29.9 Å². The number of nitrogens with one attached hydrogen (secondary N) is 3. The Morgan fingerprint density at radius 2 is 1.82 bits per heavy atom. The summed E-state index contributed by atoms with van der Waals surface area (Å²) in [5, 5.41) is 23.9. The highest BCUT2D eigenvalue weighted by atomic mass is 16.4. The first-order valence-electron chi connectivity index (χ1n) is 10.0. The molecule has 3 aromatic rings. The number of benzene rings is 2. The number of aryl methyl sites for hydroxylation is 1. The Morgan fingerprint density at radius 3 is 2.45 bits per heavy atom. The average Bonchev–Trinajstić information content (AvgIpc) is 2.75. The van der Waals surface area contributed by atoms with Gasteiger partial charge in [-0.3, -0.25) is 19.4 Å². The van der Waals surface area contributed by atoms with Gasteiger partial charge in [0, 0.05) is 24.2 Å². The fourth-order valence-electron chi connectivity index (χ4n) is 3.35. The first-order chi connectivity index (χ1) is 15.7. The Labute approximate surface area is 187 Å². The van der Waals surface area contributed by atoms with E-state index in [1.807, 2.05) is 13.0 Å². The van der Waals surface area contributed by atoms with Gasteiger partial charge in [0.2, 0.25) is 5.95 Å². The van der Waals surface area contributed by atoms with Gasteiger partial charge in [0.1, 0.15) is 6.04 Å². The third-order valence-corrected chi connectivity index (χ3v) is 5.15. The van der Waals surface area contributed by atoms with E-state index in [1.54, 1.807) is 18.2 Å². The summed E-state index contributed by atoms with van der Waals surface area (Å²) in [4.78, 5) is 53.1. The number of carbonyl (C=O) groups excluding carboxylic acids is 1. The molecule has 33 heavy (non-hydrogen) atoms. The van der Waals surface area contributed by atoms with Crippen LogP contribution in [-0.4, -0.2) is 44.1 Å². The minimum absolute atomic E-state index is 0.0541. The molecule has 3 rings (SSSR count). The van der Waals surface area contributed by atoms with Gasteiger partial charge in [0.15, 0.2) is 0 Å². The number of nitrogens with zero attached hydrogens (tertiary/aromatic N) is 1. The van der Waals surface area contributed by atoms with Crippen molar-refractivity contribution in [2.24, 2.45) is 0 Å². The molecule has 1 unspecified atom stereocenters. The summed E-state index contributed by atoms with van der Waals surface area (Å²) >= 11 is 0. The molecule has 0 fully saturated rings. The Hall–Kier alpha value is -4.41. The maximum absolute atomic E-state index is 12.3. The molecule has 0 saturated heterocycles. The van der Waals surface area contributed by atoms with E-state index in [4.69, 9.17) is 10.8 Å². The van der Waals surface area contributed by atoms with Gasteiger partial charge in [-0.1, -0.05) is 6.07 Å². The molecule has 7 N–H and O–H groups in total. The molecule has 2 aromatic carbocycles. The van der Waals surface area contributed by atoms with Crippen molar-refractivity contribution in [1.82, 2.24) is 15.3 Å². The van der Waals surface area contributed by atoms with E-state index >= 15 is 0 Å². The highest BCUT2D eigenvalue weighted by Gasteiger charge is 2.21. The van der Waals surface area contributed by atoms with E-state index in [1.165, 1.54) is 12.1 Å². The number of aliphatic carboxylic acids is 2. The number of anilines is 2. The maximum atomic E-state index is 12.3. The highest BCUT2D eigenvalue weighted by Crippen LogP contribution is 2.19. The maximum Gasteiger partial charge on any atom is 0.326 e. The number of nitrogen functional groups attached to an aromatic ring is 1. The van der Waals surface area contributed by atoms with E-state index < -0.39 is 23.9 Å². The third kappa shape index (κ3) is 5.64. The molecule has 0 spiro atoms. The predicted molar refractivity (Wildman–Crippen MR) is 121 cm³/mol. The van der Waals surface area contributed by atoms with Crippen LogP contribution in [0.3, 0.4) is 0 Å². The van der Waals surface area contributed by atoms with Gasteiger partial charge in [-0.2, -0.15) is 0 Å². The Morgan fingerprint density at radius 1 is 1.12 bits per heavy atom. The smallest absolute Gasteiger partial charge is 0.326 e. The Kier molecular flexibility index (Phi) is 6.91. The number of carboxylic acids is 2. The van der Waals surface area contributed by atoms with E-state index in [2.05, 4.69) is 20.6 Å². The van der Waals surface area contributed by atoms with Crippen molar-refractivity contribution in [3.8, 4) is 0 Å². The number of carbonyl (C=O) groups is 3. The fraction of sp³-hybridized carbons (Fsp3) is 0.227. The van der Waals surface area contributed by atoms with Crippen LogP contribution in [0.4, 0.5) is 11.6 Å². The molecule has 1 atom stereocenters. The van der Waals surface area contributed by atoms with Crippen molar-refractivity contribution in [2.45, 2.75) is 32.4 Å². The van der Waals surface area contributed by atoms with Gasteiger partial charge in [0.05, 0.1) is 10.9 Å². The van der Waals surface area contributed by atoms with Crippen molar-refractivity contribution >= 4 is 40.4 Å². The van der Waals surface area contributed by atoms with E-state index in [0.29, 0.717) is 23.1 Å². The summed E-state index contributed by atoms with van der Waals surface area (Å²) in [7, 11) is 0. The van der Waals surface area contributed by atoms with Gasteiger partial charge in [-0.15, -0.1) is 0 Å². The van der Waals surface area contributed by atoms with Crippen LogP contribution in [0.25, 0.3) is 10.9 Å². The van der Waals surface area contributed by atoms with Crippen LogP contribution in [-0.2, 0) is 16.1 Å². The molecular formula is C22H23N5O6. The minimum atomic E-state index is -1.30. The zero-order chi connectivity index (χ0) is 24.1. The summed E-state index contributed by atoms with van der Waals surface area (Å²) in [5.41, 5.74) is 8.38. The quantitative estimate of drug-likeness (QED) is 0.279. The molecule has 0 bridgehead atoms. The fourth-order valence-corrected chi connectivity index (χ4v) is 3.35. The van der Waals surface area contributed by atoms with Crippen molar-refractivity contribution < 1.29 is 24.6 Å². The van der Waals surface area contributed by atoms with Gasteiger partial charge in [0.25, 0.3) is 11.5 Å². The second kappa shape index (κ2) is 9.81. The number of carboxylic acid groups (broad SMARTS) is 2. The summed E-state index contributed by atoms with van der Waals surface area (Å²) in [6.45, 7) is 2.23. The first-order valence-corrected chi connectivity index (χ1v) is 10.0. The zero-order valence-electron chi connectivity index (χ0n) is 17.7. The van der Waals surface area contributed by atoms with Crippen molar-refractivity contribution in [2.75, 3.05) is 11.1 Å². The van der Waals surface area contributed by atoms with Crippen LogP contribution in [0.5, 0.6) is 0 Å². The number of nitrogens with two attached hydrogens (primary N) is 1. The predicted octanol–water partition coefficient (Wildman–Crippen LogP) is 1.47. The molecule has 0 aliphatic rings. The molecule has 1 heterocycles. The molecular weight excluding hydrogens is 430 g/mol. The topological polar surface area (TPSA) is 188 Å².